The first kappa shape index (κ1) is 23.2. The van der Waals surface area contributed by atoms with Gasteiger partial charge in [-0.25, -0.2) is 4.98 Å². The van der Waals surface area contributed by atoms with E-state index >= 15 is 0 Å². The van der Waals surface area contributed by atoms with Gasteiger partial charge in [-0.2, -0.15) is 0 Å². The van der Waals surface area contributed by atoms with E-state index < -0.39 is 5.91 Å². The molecule has 1 aliphatic rings. The van der Waals surface area contributed by atoms with E-state index in [1.54, 1.807) is 0 Å². The summed E-state index contributed by atoms with van der Waals surface area (Å²) < 4.78 is 0. The predicted molar refractivity (Wildman–Crippen MR) is 143 cm³/mol. The quantitative estimate of drug-likeness (QED) is 0.342. The topological polar surface area (TPSA) is 85.1 Å². The molecule has 6 heteroatoms. The number of carbonyl (C=O) groups is 2. The van der Waals surface area contributed by atoms with Crippen molar-refractivity contribution in [2.24, 2.45) is 11.7 Å². The molecule has 5 rings (SSSR count). The summed E-state index contributed by atoms with van der Waals surface area (Å²) in [6, 6.07) is 15.7. The molecule has 0 radical (unpaired) electrons. The maximum absolute atomic E-state index is 13.7. The summed E-state index contributed by atoms with van der Waals surface area (Å²) in [6.07, 6.45) is 3.91. The number of aryl methyl sites for hydroxylation is 2. The highest BCUT2D eigenvalue weighted by molar-refractivity contribution is 7.17. The molecule has 1 aliphatic carbocycles. The van der Waals surface area contributed by atoms with E-state index in [4.69, 9.17) is 10.7 Å². The van der Waals surface area contributed by atoms with Crippen molar-refractivity contribution in [2.45, 2.75) is 46.5 Å². The maximum atomic E-state index is 13.7. The summed E-state index contributed by atoms with van der Waals surface area (Å²) in [4.78, 5) is 32.1. The van der Waals surface area contributed by atoms with Crippen LogP contribution in [-0.4, -0.2) is 16.8 Å². The highest BCUT2D eigenvalue weighted by Gasteiger charge is 2.28. The molecule has 2 heterocycles. The van der Waals surface area contributed by atoms with Gasteiger partial charge in [-0.1, -0.05) is 43.7 Å². The van der Waals surface area contributed by atoms with Crippen LogP contribution >= 0.6 is 11.3 Å². The van der Waals surface area contributed by atoms with Crippen molar-refractivity contribution >= 4 is 39.1 Å². The van der Waals surface area contributed by atoms with Crippen LogP contribution < -0.4 is 11.1 Å². The molecule has 4 aromatic rings. The van der Waals surface area contributed by atoms with Crippen LogP contribution in [0.25, 0.3) is 22.2 Å². The molecule has 0 saturated heterocycles. The normalized spacial score (nSPS) is 15.1. The minimum absolute atomic E-state index is 0.262. The highest BCUT2D eigenvalue weighted by Crippen LogP contribution is 2.40. The summed E-state index contributed by atoms with van der Waals surface area (Å²) in [5, 5.41) is 4.36. The zero-order valence-electron chi connectivity index (χ0n) is 20.3. The smallest absolute Gasteiger partial charge is 0.257 e. The lowest BCUT2D eigenvalue weighted by molar-refractivity contribution is 0.1000. The summed E-state index contributed by atoms with van der Waals surface area (Å²) in [7, 11) is 0. The number of thiophene rings is 1. The first-order valence-electron chi connectivity index (χ1n) is 12.1. The Labute approximate surface area is 209 Å². The number of rotatable bonds is 5. The standard InChI is InChI=1S/C29H29N3O2S/c1-4-18-10-12-21-25(14-18)35-29(26(21)27(30)33)32-28(34)22-15-24(19-11-9-16(2)17(3)13-19)31-23-8-6-5-7-20(22)23/h5-9,11,13,15,18H,4,10,12,14H2,1-3H3,(H2,30,33)(H,32,34). The van der Waals surface area contributed by atoms with Gasteiger partial charge in [0.2, 0.25) is 0 Å². The van der Waals surface area contributed by atoms with Crippen LogP contribution in [0.5, 0.6) is 0 Å². The van der Waals surface area contributed by atoms with Crippen LogP contribution in [-0.2, 0) is 12.8 Å². The number of fused-ring (bicyclic) bond motifs is 2. The van der Waals surface area contributed by atoms with Gasteiger partial charge in [-0.15, -0.1) is 11.3 Å². The van der Waals surface area contributed by atoms with Crippen molar-refractivity contribution in [2.75, 3.05) is 5.32 Å². The molecular weight excluding hydrogens is 454 g/mol. The monoisotopic (exact) mass is 483 g/mol. The van der Waals surface area contributed by atoms with Crippen molar-refractivity contribution in [1.29, 1.82) is 0 Å². The molecule has 0 aliphatic heterocycles. The Morgan fingerprint density at radius 1 is 1.11 bits per heavy atom. The van der Waals surface area contributed by atoms with Crippen LogP contribution in [0.2, 0.25) is 0 Å². The molecular formula is C29H29N3O2S. The fourth-order valence-corrected chi connectivity index (χ4v) is 6.30. The Morgan fingerprint density at radius 2 is 1.91 bits per heavy atom. The maximum Gasteiger partial charge on any atom is 0.257 e. The Hall–Kier alpha value is -3.51. The van der Waals surface area contributed by atoms with E-state index in [1.807, 2.05) is 36.4 Å². The van der Waals surface area contributed by atoms with Gasteiger partial charge in [0.05, 0.1) is 22.3 Å². The molecule has 35 heavy (non-hydrogen) atoms. The van der Waals surface area contributed by atoms with E-state index in [1.165, 1.54) is 27.3 Å². The molecule has 0 bridgehead atoms. The fourth-order valence-electron chi connectivity index (χ4n) is 4.93. The number of primary amides is 1. The number of anilines is 1. The van der Waals surface area contributed by atoms with Crippen LogP contribution in [0.4, 0.5) is 5.00 Å². The molecule has 0 saturated carbocycles. The fraction of sp³-hybridized carbons (Fsp3) is 0.276. The molecule has 2 amide bonds. The average molecular weight is 484 g/mol. The second kappa shape index (κ2) is 9.27. The highest BCUT2D eigenvalue weighted by atomic mass is 32.1. The third-order valence-corrected chi connectivity index (χ3v) is 8.35. The van der Waals surface area contributed by atoms with Crippen LogP contribution in [0.15, 0.2) is 48.5 Å². The summed E-state index contributed by atoms with van der Waals surface area (Å²) in [5.41, 5.74) is 12.6. The number of hydrogen-bond donors (Lipinski definition) is 2. The van der Waals surface area contributed by atoms with E-state index in [0.29, 0.717) is 22.0 Å². The molecule has 1 unspecified atom stereocenters. The van der Waals surface area contributed by atoms with Gasteiger partial charge in [0.15, 0.2) is 0 Å². The lowest BCUT2D eigenvalue weighted by Crippen LogP contribution is -2.20. The van der Waals surface area contributed by atoms with Gasteiger partial charge in [-0.3, -0.25) is 9.59 Å². The van der Waals surface area contributed by atoms with E-state index in [0.717, 1.165) is 53.4 Å². The third-order valence-electron chi connectivity index (χ3n) is 7.18. The van der Waals surface area contributed by atoms with E-state index in [9.17, 15) is 9.59 Å². The molecule has 0 spiro atoms. The zero-order valence-corrected chi connectivity index (χ0v) is 21.1. The molecule has 5 nitrogen and oxygen atoms in total. The number of aromatic nitrogens is 1. The van der Waals surface area contributed by atoms with Crippen LogP contribution in [0.3, 0.4) is 0 Å². The van der Waals surface area contributed by atoms with E-state index in [-0.39, 0.29) is 5.91 Å². The molecule has 2 aromatic heterocycles. The summed E-state index contributed by atoms with van der Waals surface area (Å²) in [5.74, 6) is -0.139. The minimum Gasteiger partial charge on any atom is -0.365 e. The lowest BCUT2D eigenvalue weighted by atomic mass is 9.85. The Morgan fingerprint density at radius 3 is 2.66 bits per heavy atom. The number of pyridine rings is 1. The minimum atomic E-state index is -0.483. The summed E-state index contributed by atoms with van der Waals surface area (Å²) in [6.45, 7) is 6.34. The molecule has 2 aromatic carbocycles. The zero-order chi connectivity index (χ0) is 24.7. The van der Waals surface area contributed by atoms with E-state index in [2.05, 4.69) is 38.2 Å². The largest absolute Gasteiger partial charge is 0.365 e. The Kier molecular flexibility index (Phi) is 6.15. The number of carbonyl (C=O) groups excluding carboxylic acids is 2. The number of nitrogens with zero attached hydrogens (tertiary/aromatic N) is 1. The number of hydrogen-bond acceptors (Lipinski definition) is 4. The second-order valence-electron chi connectivity index (χ2n) is 9.41. The van der Waals surface area contributed by atoms with Crippen molar-refractivity contribution in [3.8, 4) is 11.3 Å². The van der Waals surface area contributed by atoms with Gasteiger partial charge in [0, 0.05) is 15.8 Å². The van der Waals surface area contributed by atoms with Gasteiger partial charge >= 0.3 is 0 Å². The molecule has 3 N–H and O–H groups in total. The number of benzene rings is 2. The lowest BCUT2D eigenvalue weighted by Gasteiger charge is -2.20. The van der Waals surface area contributed by atoms with Crippen LogP contribution in [0.1, 0.15) is 62.0 Å². The van der Waals surface area contributed by atoms with Gasteiger partial charge in [0.25, 0.3) is 11.8 Å². The van der Waals surface area contributed by atoms with Gasteiger partial charge in [-0.05, 0) is 73.9 Å². The number of amides is 2. The second-order valence-corrected chi connectivity index (χ2v) is 10.5. The SMILES string of the molecule is CCC1CCc2c(sc(NC(=O)c3cc(-c4ccc(C)c(C)c4)nc4ccccc34)c2C(N)=O)C1. The van der Waals surface area contributed by atoms with Crippen molar-refractivity contribution in [3.05, 3.63) is 81.2 Å². The molecule has 178 valence electrons. The van der Waals surface area contributed by atoms with Crippen molar-refractivity contribution in [1.82, 2.24) is 4.98 Å². The van der Waals surface area contributed by atoms with Crippen molar-refractivity contribution < 1.29 is 9.59 Å². The predicted octanol–water partition coefficient (Wildman–Crippen LogP) is 6.45. The Bertz CT molecular complexity index is 1470. The van der Waals surface area contributed by atoms with Gasteiger partial charge in [0.1, 0.15) is 5.00 Å². The average Bonchev–Trinajstić information content (AvgIpc) is 3.22. The number of nitrogens with two attached hydrogens (primary N) is 1. The number of para-hydroxylation sites is 1. The van der Waals surface area contributed by atoms with Crippen LogP contribution in [0, 0.1) is 19.8 Å². The molecule has 1 atom stereocenters. The number of nitrogens with one attached hydrogen (secondary N) is 1. The third kappa shape index (κ3) is 4.34. The Balaban J connectivity index is 1.57. The first-order chi connectivity index (χ1) is 16.9. The first-order valence-corrected chi connectivity index (χ1v) is 12.9. The van der Waals surface area contributed by atoms with Crippen molar-refractivity contribution in [3.63, 3.8) is 0 Å². The van der Waals surface area contributed by atoms with Gasteiger partial charge < -0.3 is 11.1 Å². The molecule has 0 fully saturated rings. The summed E-state index contributed by atoms with van der Waals surface area (Å²) >= 11 is 1.49.